The maximum atomic E-state index is 10.8. The third-order valence-corrected chi connectivity index (χ3v) is 4.67. The van der Waals surface area contributed by atoms with Crippen LogP contribution in [0.1, 0.15) is 54.9 Å². The van der Waals surface area contributed by atoms with E-state index >= 15 is 0 Å². The second-order valence-electron chi connectivity index (χ2n) is 6.22. The molecule has 0 saturated heterocycles. The highest BCUT2D eigenvalue weighted by Gasteiger charge is 2.24. The van der Waals surface area contributed by atoms with E-state index in [1.807, 2.05) is 30.3 Å². The lowest BCUT2D eigenvalue weighted by molar-refractivity contribution is 0.0847. The van der Waals surface area contributed by atoms with Crippen molar-refractivity contribution >= 4 is 12.2 Å². The van der Waals surface area contributed by atoms with E-state index in [4.69, 9.17) is 0 Å². The van der Waals surface area contributed by atoms with Crippen LogP contribution >= 0.6 is 0 Å². The van der Waals surface area contributed by atoms with E-state index in [2.05, 4.69) is 36.4 Å². The van der Waals surface area contributed by atoms with Crippen LogP contribution in [0.2, 0.25) is 0 Å². The van der Waals surface area contributed by atoms with Gasteiger partial charge in [0, 0.05) is 0 Å². The fourth-order valence-corrected chi connectivity index (χ4v) is 3.39. The van der Waals surface area contributed by atoms with Gasteiger partial charge in [-0.1, -0.05) is 86.0 Å². The van der Waals surface area contributed by atoms with Crippen LogP contribution < -0.4 is 0 Å². The van der Waals surface area contributed by atoms with Crippen LogP contribution in [0.15, 0.2) is 54.6 Å². The molecule has 1 atom stereocenters. The Kier molecular flexibility index (Phi) is 5.07. The zero-order valence-corrected chi connectivity index (χ0v) is 13.0. The molecule has 1 heteroatoms. The van der Waals surface area contributed by atoms with Gasteiger partial charge in [-0.3, -0.25) is 0 Å². The van der Waals surface area contributed by atoms with E-state index in [0.29, 0.717) is 5.92 Å². The summed E-state index contributed by atoms with van der Waals surface area (Å²) in [5, 5.41) is 10.8. The Balaban J connectivity index is 1.81. The van der Waals surface area contributed by atoms with Crippen LogP contribution in [0.4, 0.5) is 0 Å². The van der Waals surface area contributed by atoms with Crippen molar-refractivity contribution < 1.29 is 5.11 Å². The van der Waals surface area contributed by atoms with E-state index in [0.717, 1.165) is 24.0 Å². The minimum atomic E-state index is -0.336. The maximum Gasteiger partial charge on any atom is 0.0823 e. The molecule has 22 heavy (non-hydrogen) atoms. The molecule has 0 aliphatic heterocycles. The summed E-state index contributed by atoms with van der Waals surface area (Å²) < 4.78 is 0. The Morgan fingerprint density at radius 1 is 0.818 bits per heavy atom. The summed E-state index contributed by atoms with van der Waals surface area (Å²) in [7, 11) is 0. The van der Waals surface area contributed by atoms with Gasteiger partial charge >= 0.3 is 0 Å². The monoisotopic (exact) mass is 292 g/mol. The van der Waals surface area contributed by atoms with Gasteiger partial charge in [0.25, 0.3) is 0 Å². The van der Waals surface area contributed by atoms with Crippen LogP contribution in [0, 0.1) is 5.92 Å². The Morgan fingerprint density at radius 2 is 1.50 bits per heavy atom. The molecule has 0 unspecified atom stereocenters. The molecule has 0 radical (unpaired) electrons. The number of hydrogen-bond acceptors (Lipinski definition) is 1. The van der Waals surface area contributed by atoms with Crippen molar-refractivity contribution in [3.05, 3.63) is 71.3 Å². The van der Waals surface area contributed by atoms with Crippen molar-refractivity contribution in [1.29, 1.82) is 0 Å². The molecule has 1 nitrogen and oxygen atoms in total. The van der Waals surface area contributed by atoms with E-state index in [9.17, 15) is 5.11 Å². The lowest BCUT2D eigenvalue weighted by Gasteiger charge is -2.27. The van der Waals surface area contributed by atoms with Gasteiger partial charge in [0.2, 0.25) is 0 Å². The highest BCUT2D eigenvalue weighted by molar-refractivity contribution is 5.71. The highest BCUT2D eigenvalue weighted by Crippen LogP contribution is 2.35. The molecule has 0 amide bonds. The molecule has 1 N–H and O–H groups in total. The second-order valence-corrected chi connectivity index (χ2v) is 6.22. The Bertz CT molecular complexity index is 609. The molecule has 1 fully saturated rings. The molecular weight excluding hydrogens is 268 g/mol. The van der Waals surface area contributed by atoms with Crippen molar-refractivity contribution in [3.8, 4) is 0 Å². The molecule has 114 valence electrons. The van der Waals surface area contributed by atoms with Gasteiger partial charge in [-0.2, -0.15) is 0 Å². The van der Waals surface area contributed by atoms with E-state index in [1.165, 1.54) is 24.8 Å². The molecule has 0 spiro atoms. The summed E-state index contributed by atoms with van der Waals surface area (Å²) in [4.78, 5) is 0. The summed E-state index contributed by atoms with van der Waals surface area (Å²) >= 11 is 0. The summed E-state index contributed by atoms with van der Waals surface area (Å²) in [5.74, 6) is 0.417. The number of aliphatic hydroxyl groups excluding tert-OH is 1. The molecule has 3 rings (SSSR count). The van der Waals surface area contributed by atoms with Crippen LogP contribution in [0.5, 0.6) is 0 Å². The number of benzene rings is 2. The zero-order valence-electron chi connectivity index (χ0n) is 13.0. The molecule has 0 bridgehead atoms. The van der Waals surface area contributed by atoms with E-state index in [-0.39, 0.29) is 6.10 Å². The third kappa shape index (κ3) is 3.66. The molecule has 1 saturated carbocycles. The number of aliphatic hydroxyl groups is 1. The zero-order chi connectivity index (χ0) is 15.2. The molecule has 0 aromatic heterocycles. The lowest BCUT2D eigenvalue weighted by Crippen LogP contribution is -2.16. The molecule has 1 aliphatic rings. The predicted octanol–water partition coefficient (Wildman–Crippen LogP) is 5.47. The van der Waals surface area contributed by atoms with E-state index < -0.39 is 0 Å². The average Bonchev–Trinajstić information content (AvgIpc) is 2.61. The summed E-state index contributed by atoms with van der Waals surface area (Å²) in [6, 6.07) is 18.5. The van der Waals surface area contributed by atoms with Crippen molar-refractivity contribution in [3.63, 3.8) is 0 Å². The summed E-state index contributed by atoms with van der Waals surface area (Å²) in [5.41, 5.74) is 3.38. The topological polar surface area (TPSA) is 20.2 Å². The largest absolute Gasteiger partial charge is 0.388 e. The van der Waals surface area contributed by atoms with Crippen LogP contribution in [0.3, 0.4) is 0 Å². The fourth-order valence-electron chi connectivity index (χ4n) is 3.39. The Labute approximate surface area is 133 Å². The number of rotatable bonds is 4. The Morgan fingerprint density at radius 3 is 2.27 bits per heavy atom. The third-order valence-electron chi connectivity index (χ3n) is 4.67. The quantitative estimate of drug-likeness (QED) is 0.741. The van der Waals surface area contributed by atoms with Crippen molar-refractivity contribution in [2.75, 3.05) is 0 Å². The SMILES string of the molecule is O[C@H](c1ccccc1/C=C/c1ccccc1)C1CCCCC1. The fraction of sp³-hybridized carbons (Fsp3) is 0.333. The van der Waals surface area contributed by atoms with Gasteiger partial charge in [0.05, 0.1) is 6.10 Å². The van der Waals surface area contributed by atoms with E-state index in [1.54, 1.807) is 0 Å². The van der Waals surface area contributed by atoms with Crippen LogP contribution in [-0.4, -0.2) is 5.11 Å². The van der Waals surface area contributed by atoms with Crippen molar-refractivity contribution in [2.45, 2.75) is 38.2 Å². The summed E-state index contributed by atoms with van der Waals surface area (Å²) in [6.45, 7) is 0. The Hall–Kier alpha value is -1.86. The smallest absolute Gasteiger partial charge is 0.0823 e. The first-order valence-electron chi connectivity index (χ1n) is 8.35. The normalized spacial score (nSPS) is 17.7. The standard InChI is InChI=1S/C21H24O/c22-21(19-12-5-2-6-13-19)20-14-8-7-11-18(20)16-15-17-9-3-1-4-10-17/h1,3-4,7-11,14-16,19,21-22H,2,5-6,12-13H2/b16-15+/t21-/m0/s1. The first-order chi connectivity index (χ1) is 10.8. The number of hydrogen-bond donors (Lipinski definition) is 1. The van der Waals surface area contributed by atoms with Crippen molar-refractivity contribution in [2.24, 2.45) is 5.92 Å². The molecule has 0 heterocycles. The first-order valence-corrected chi connectivity index (χ1v) is 8.35. The minimum absolute atomic E-state index is 0.336. The molecular formula is C21H24O. The van der Waals surface area contributed by atoms with Gasteiger partial charge in [-0.05, 0) is 35.4 Å². The van der Waals surface area contributed by atoms with Crippen molar-refractivity contribution in [1.82, 2.24) is 0 Å². The van der Waals surface area contributed by atoms with Crippen LogP contribution in [-0.2, 0) is 0 Å². The van der Waals surface area contributed by atoms with Crippen LogP contribution in [0.25, 0.3) is 12.2 Å². The van der Waals surface area contributed by atoms with Gasteiger partial charge in [-0.15, -0.1) is 0 Å². The highest BCUT2D eigenvalue weighted by atomic mass is 16.3. The van der Waals surface area contributed by atoms with Gasteiger partial charge in [0.1, 0.15) is 0 Å². The average molecular weight is 292 g/mol. The maximum absolute atomic E-state index is 10.8. The van der Waals surface area contributed by atoms with Gasteiger partial charge in [0.15, 0.2) is 0 Å². The lowest BCUT2D eigenvalue weighted by atomic mass is 9.81. The second kappa shape index (κ2) is 7.42. The molecule has 1 aliphatic carbocycles. The molecule has 2 aromatic carbocycles. The van der Waals surface area contributed by atoms with Gasteiger partial charge < -0.3 is 5.11 Å². The minimum Gasteiger partial charge on any atom is -0.388 e. The van der Waals surface area contributed by atoms with Gasteiger partial charge in [-0.25, -0.2) is 0 Å². The first kappa shape index (κ1) is 15.1. The predicted molar refractivity (Wildman–Crippen MR) is 93.3 cm³/mol. The summed E-state index contributed by atoms with van der Waals surface area (Å²) in [6.07, 6.45) is 10.0. The molecule has 2 aromatic rings.